The fraction of sp³-hybridized carbons (Fsp3) is 0.261. The predicted octanol–water partition coefficient (Wildman–Crippen LogP) is 6.45. The van der Waals surface area contributed by atoms with Crippen LogP contribution in [-0.2, 0) is 4.79 Å². The molecule has 0 saturated carbocycles. The number of allylic oxidation sites excluding steroid dienone is 1. The number of carbonyl (C=O) groups excluding carboxylic acids is 1. The van der Waals surface area contributed by atoms with Crippen LogP contribution in [0, 0.1) is 20.8 Å². The van der Waals surface area contributed by atoms with Gasteiger partial charge < -0.3 is 14.5 Å². The van der Waals surface area contributed by atoms with Crippen molar-refractivity contribution in [2.24, 2.45) is 0 Å². The van der Waals surface area contributed by atoms with Crippen molar-refractivity contribution in [1.29, 1.82) is 0 Å². The molecule has 28 heavy (non-hydrogen) atoms. The maximum atomic E-state index is 12.5. The Balaban J connectivity index is 1.97. The van der Waals surface area contributed by atoms with Gasteiger partial charge in [0.05, 0.1) is 12.9 Å². The Bertz CT molecular complexity index is 1080. The number of amides is 1. The molecule has 1 heterocycles. The van der Waals surface area contributed by atoms with Gasteiger partial charge >= 0.3 is 0 Å². The summed E-state index contributed by atoms with van der Waals surface area (Å²) in [5.41, 5.74) is 6.11. The van der Waals surface area contributed by atoms with Crippen LogP contribution in [0.15, 0.2) is 41.0 Å². The number of hydrogen-bond acceptors (Lipinski definition) is 3. The van der Waals surface area contributed by atoms with E-state index in [4.69, 9.17) is 20.8 Å². The summed E-state index contributed by atoms with van der Waals surface area (Å²) in [5.74, 6) is 0.519. The van der Waals surface area contributed by atoms with Crippen LogP contribution in [0.3, 0.4) is 0 Å². The van der Waals surface area contributed by atoms with Gasteiger partial charge in [-0.15, -0.1) is 0 Å². The molecular weight excluding hydrogens is 374 g/mol. The van der Waals surface area contributed by atoms with Crippen molar-refractivity contribution in [1.82, 2.24) is 0 Å². The number of carbonyl (C=O) groups is 1. The van der Waals surface area contributed by atoms with Crippen LogP contribution in [0.4, 0.5) is 5.69 Å². The van der Waals surface area contributed by atoms with E-state index in [1.807, 2.05) is 52.8 Å². The first-order valence-electron chi connectivity index (χ1n) is 9.21. The molecule has 0 aliphatic carbocycles. The summed E-state index contributed by atoms with van der Waals surface area (Å²) in [6.07, 6.45) is 3.32. The summed E-state index contributed by atoms with van der Waals surface area (Å²) in [7, 11) is 0. The van der Waals surface area contributed by atoms with E-state index in [9.17, 15) is 4.79 Å². The van der Waals surface area contributed by atoms with E-state index in [2.05, 4.69) is 5.32 Å². The minimum Gasteiger partial charge on any atom is -0.493 e. The Morgan fingerprint density at radius 3 is 2.64 bits per heavy atom. The second-order valence-corrected chi connectivity index (χ2v) is 7.29. The molecule has 1 amide bonds. The van der Waals surface area contributed by atoms with Crippen molar-refractivity contribution < 1.29 is 13.9 Å². The van der Waals surface area contributed by atoms with Gasteiger partial charge in [0.1, 0.15) is 11.3 Å². The predicted molar refractivity (Wildman–Crippen MR) is 115 cm³/mol. The fourth-order valence-corrected chi connectivity index (χ4v) is 3.37. The third-order valence-electron chi connectivity index (χ3n) is 4.74. The van der Waals surface area contributed by atoms with E-state index in [0.29, 0.717) is 17.3 Å². The first-order chi connectivity index (χ1) is 13.3. The second-order valence-electron chi connectivity index (χ2n) is 6.89. The molecule has 3 aromatic rings. The number of rotatable bonds is 5. The molecule has 4 nitrogen and oxygen atoms in total. The smallest absolute Gasteiger partial charge is 0.248 e. The van der Waals surface area contributed by atoms with Crippen LogP contribution in [0.1, 0.15) is 36.1 Å². The third kappa shape index (κ3) is 3.92. The highest BCUT2D eigenvalue weighted by molar-refractivity contribution is 6.31. The number of halogens is 1. The van der Waals surface area contributed by atoms with Crippen LogP contribution >= 0.6 is 11.6 Å². The van der Waals surface area contributed by atoms with E-state index >= 15 is 0 Å². The maximum Gasteiger partial charge on any atom is 0.248 e. The highest BCUT2D eigenvalue weighted by Gasteiger charge is 2.17. The summed E-state index contributed by atoms with van der Waals surface area (Å²) < 4.78 is 11.6. The van der Waals surface area contributed by atoms with E-state index in [1.165, 1.54) is 0 Å². The molecule has 0 fully saturated rings. The summed E-state index contributed by atoms with van der Waals surface area (Å²) >= 11 is 6.14. The van der Waals surface area contributed by atoms with Gasteiger partial charge in [-0.05, 0) is 69.5 Å². The monoisotopic (exact) mass is 397 g/mol. The van der Waals surface area contributed by atoms with Crippen molar-refractivity contribution >= 4 is 39.7 Å². The van der Waals surface area contributed by atoms with Gasteiger partial charge in [-0.2, -0.15) is 0 Å². The Labute approximate surface area is 170 Å². The van der Waals surface area contributed by atoms with Crippen LogP contribution in [0.25, 0.3) is 16.5 Å². The van der Waals surface area contributed by atoms with Crippen molar-refractivity contribution in [2.75, 3.05) is 11.9 Å². The maximum absolute atomic E-state index is 12.5. The van der Waals surface area contributed by atoms with Crippen molar-refractivity contribution in [2.45, 2.75) is 34.6 Å². The summed E-state index contributed by atoms with van der Waals surface area (Å²) in [4.78, 5) is 12.5. The largest absolute Gasteiger partial charge is 0.493 e. The molecular formula is C23H24ClNO3. The number of nitrogens with one attached hydrogen (secondary N) is 1. The molecule has 0 bridgehead atoms. The van der Waals surface area contributed by atoms with Crippen LogP contribution in [-0.4, -0.2) is 12.5 Å². The van der Waals surface area contributed by atoms with E-state index in [-0.39, 0.29) is 5.91 Å². The topological polar surface area (TPSA) is 51.5 Å². The molecule has 3 rings (SSSR count). The number of hydrogen-bond donors (Lipinski definition) is 1. The lowest BCUT2D eigenvalue weighted by molar-refractivity contribution is -0.111. The van der Waals surface area contributed by atoms with Gasteiger partial charge in [0.2, 0.25) is 5.91 Å². The number of benzene rings is 2. The Morgan fingerprint density at radius 2 is 1.96 bits per heavy atom. The normalized spacial score (nSPS) is 11.7. The third-order valence-corrected chi connectivity index (χ3v) is 5.15. The molecule has 0 aliphatic rings. The van der Waals surface area contributed by atoms with Gasteiger partial charge in [-0.1, -0.05) is 17.7 Å². The highest BCUT2D eigenvalue weighted by atomic mass is 35.5. The molecule has 0 atom stereocenters. The van der Waals surface area contributed by atoms with Crippen molar-refractivity contribution in [3.8, 4) is 5.75 Å². The van der Waals surface area contributed by atoms with Crippen molar-refractivity contribution in [3.63, 3.8) is 0 Å². The summed E-state index contributed by atoms with van der Waals surface area (Å²) in [6.45, 7) is 10.3. The first kappa shape index (κ1) is 20.0. The Hall–Kier alpha value is -2.72. The molecule has 2 aromatic carbocycles. The molecule has 1 aromatic heterocycles. The number of furan rings is 1. The summed E-state index contributed by atoms with van der Waals surface area (Å²) in [5, 5.41) is 4.50. The number of fused-ring (bicyclic) bond motifs is 1. The zero-order chi connectivity index (χ0) is 20.4. The lowest BCUT2D eigenvalue weighted by Crippen LogP contribution is -2.09. The molecule has 0 aliphatic heterocycles. The lowest BCUT2D eigenvalue weighted by atomic mass is 9.98. The van der Waals surface area contributed by atoms with E-state index in [0.717, 1.165) is 44.5 Å². The average Bonchev–Trinajstić information content (AvgIpc) is 3.01. The lowest BCUT2D eigenvalue weighted by Gasteiger charge is -2.14. The minimum atomic E-state index is -0.221. The zero-order valence-electron chi connectivity index (χ0n) is 16.8. The second kappa shape index (κ2) is 8.11. The number of aryl methyl sites for hydroxylation is 3. The SMILES string of the molecule is CCOc1c(/C(C)=C/C(=O)Nc2ccc(C)c(Cl)c2)cc2c(C)coc2c1C. The molecule has 0 spiro atoms. The Morgan fingerprint density at radius 1 is 1.21 bits per heavy atom. The molecule has 0 radical (unpaired) electrons. The Kier molecular flexibility index (Phi) is 5.80. The van der Waals surface area contributed by atoms with Crippen molar-refractivity contribution in [3.05, 3.63) is 63.9 Å². The quantitative estimate of drug-likeness (QED) is 0.503. The van der Waals surface area contributed by atoms with Crippen LogP contribution < -0.4 is 10.1 Å². The highest BCUT2D eigenvalue weighted by Crippen LogP contribution is 2.37. The van der Waals surface area contributed by atoms with Crippen LogP contribution in [0.5, 0.6) is 5.75 Å². The van der Waals surface area contributed by atoms with Crippen LogP contribution in [0.2, 0.25) is 5.02 Å². The molecule has 0 unspecified atom stereocenters. The molecule has 5 heteroatoms. The molecule has 0 saturated heterocycles. The summed E-state index contributed by atoms with van der Waals surface area (Å²) in [6, 6.07) is 7.47. The first-order valence-corrected chi connectivity index (χ1v) is 9.59. The fourth-order valence-electron chi connectivity index (χ4n) is 3.18. The standard InChI is InChI=1S/C23H24ClNO3/c1-6-27-22-16(5)23-19(15(4)12-28-23)11-18(22)14(3)9-21(26)25-17-8-7-13(2)20(24)10-17/h7-12H,6H2,1-5H3,(H,25,26)/b14-9+. The van der Waals surface area contributed by atoms with Gasteiger partial charge in [-0.25, -0.2) is 0 Å². The van der Waals surface area contributed by atoms with Gasteiger partial charge in [0.15, 0.2) is 0 Å². The number of ether oxygens (including phenoxy) is 1. The average molecular weight is 398 g/mol. The minimum absolute atomic E-state index is 0.221. The van der Waals surface area contributed by atoms with Gasteiger partial charge in [0.25, 0.3) is 0 Å². The molecule has 146 valence electrons. The number of anilines is 1. The molecule has 1 N–H and O–H groups in total. The van der Waals surface area contributed by atoms with Gasteiger partial charge in [-0.3, -0.25) is 4.79 Å². The van der Waals surface area contributed by atoms with Gasteiger partial charge in [0, 0.05) is 33.3 Å². The van der Waals surface area contributed by atoms with E-state index < -0.39 is 0 Å². The zero-order valence-corrected chi connectivity index (χ0v) is 17.5. The van der Waals surface area contributed by atoms with E-state index in [1.54, 1.807) is 18.4 Å².